The van der Waals surface area contributed by atoms with Gasteiger partial charge in [0.1, 0.15) is 4.90 Å². The summed E-state index contributed by atoms with van der Waals surface area (Å²) in [5.41, 5.74) is 3.04. The summed E-state index contributed by atoms with van der Waals surface area (Å²) in [6.07, 6.45) is 1.53. The maximum Gasteiger partial charge on any atom is 0.255 e. The first kappa shape index (κ1) is 22.0. The van der Waals surface area contributed by atoms with Crippen molar-refractivity contribution in [3.63, 3.8) is 0 Å². The van der Waals surface area contributed by atoms with E-state index in [2.05, 4.69) is 17.4 Å². The number of sulfonamides is 1. The van der Waals surface area contributed by atoms with Gasteiger partial charge in [-0.3, -0.25) is 4.79 Å². The van der Waals surface area contributed by atoms with Crippen LogP contribution in [0.25, 0.3) is 0 Å². The number of rotatable bonds is 7. The third-order valence-electron chi connectivity index (χ3n) is 4.74. The van der Waals surface area contributed by atoms with Crippen molar-refractivity contribution in [1.29, 1.82) is 0 Å². The number of anilines is 1. The molecular formula is C23H23ClN2O3S. The lowest BCUT2D eigenvalue weighted by Gasteiger charge is -2.15. The van der Waals surface area contributed by atoms with Crippen LogP contribution in [0.4, 0.5) is 5.69 Å². The summed E-state index contributed by atoms with van der Waals surface area (Å²) in [6, 6.07) is 21.9. The van der Waals surface area contributed by atoms with Gasteiger partial charge in [0, 0.05) is 25.3 Å². The molecule has 0 aliphatic carbocycles. The Morgan fingerprint density at radius 1 is 0.933 bits per heavy atom. The summed E-state index contributed by atoms with van der Waals surface area (Å²) in [4.78, 5) is 12.9. The summed E-state index contributed by atoms with van der Waals surface area (Å²) < 4.78 is 26.0. The van der Waals surface area contributed by atoms with Gasteiger partial charge < -0.3 is 5.32 Å². The van der Waals surface area contributed by atoms with Gasteiger partial charge in [0.25, 0.3) is 5.91 Å². The molecule has 0 radical (unpaired) electrons. The van der Waals surface area contributed by atoms with E-state index in [-0.39, 0.29) is 15.8 Å². The Morgan fingerprint density at radius 2 is 1.60 bits per heavy atom. The van der Waals surface area contributed by atoms with Gasteiger partial charge in [-0.2, -0.15) is 0 Å². The number of nitrogens with zero attached hydrogens (tertiary/aromatic N) is 1. The Hall–Kier alpha value is -2.67. The van der Waals surface area contributed by atoms with Crippen LogP contribution >= 0.6 is 11.6 Å². The van der Waals surface area contributed by atoms with Crippen molar-refractivity contribution in [2.45, 2.75) is 17.7 Å². The molecule has 156 valence electrons. The zero-order valence-electron chi connectivity index (χ0n) is 16.8. The summed E-state index contributed by atoms with van der Waals surface area (Å²) >= 11 is 6.08. The second-order valence-electron chi connectivity index (χ2n) is 7.03. The molecule has 0 spiro atoms. The highest BCUT2D eigenvalue weighted by Crippen LogP contribution is 2.27. The fraction of sp³-hybridized carbons (Fsp3) is 0.174. The van der Waals surface area contributed by atoms with Gasteiger partial charge in [0.2, 0.25) is 10.0 Å². The number of nitrogens with one attached hydrogen (secondary N) is 1. The van der Waals surface area contributed by atoms with Crippen LogP contribution in [0, 0.1) is 0 Å². The average molecular weight is 443 g/mol. The van der Waals surface area contributed by atoms with Gasteiger partial charge in [0.05, 0.1) is 5.02 Å². The first-order chi connectivity index (χ1) is 14.3. The van der Waals surface area contributed by atoms with Crippen LogP contribution in [-0.2, 0) is 22.9 Å². The Morgan fingerprint density at radius 3 is 2.30 bits per heavy atom. The standard InChI is InChI=1S/C23H23ClN2O3S/c1-26(2)30(28,29)22-16-19(14-15-21(22)24)25-23(27)20-11-7-6-10-18(20)13-12-17-8-4-3-5-9-17/h3-11,14-16H,12-13H2,1-2H3,(H,25,27). The molecule has 7 heteroatoms. The molecule has 0 heterocycles. The van der Waals surface area contributed by atoms with E-state index >= 15 is 0 Å². The van der Waals surface area contributed by atoms with Crippen LogP contribution in [0.2, 0.25) is 5.02 Å². The van der Waals surface area contributed by atoms with E-state index in [1.807, 2.05) is 36.4 Å². The number of halogens is 1. The zero-order chi connectivity index (χ0) is 21.7. The molecule has 0 aromatic heterocycles. The van der Waals surface area contributed by atoms with Crippen molar-refractivity contribution in [3.05, 3.63) is 94.5 Å². The number of carbonyl (C=O) groups excluding carboxylic acids is 1. The number of amides is 1. The van der Waals surface area contributed by atoms with Crippen LogP contribution in [0.15, 0.2) is 77.7 Å². The van der Waals surface area contributed by atoms with Crippen molar-refractivity contribution in [2.75, 3.05) is 19.4 Å². The number of hydrogen-bond donors (Lipinski definition) is 1. The van der Waals surface area contributed by atoms with E-state index in [0.717, 1.165) is 16.3 Å². The normalized spacial score (nSPS) is 11.5. The molecule has 0 aliphatic heterocycles. The fourth-order valence-corrected chi connectivity index (χ4v) is 4.45. The maximum atomic E-state index is 12.9. The number of carbonyl (C=O) groups is 1. The first-order valence-corrected chi connectivity index (χ1v) is 11.3. The monoisotopic (exact) mass is 442 g/mol. The minimum atomic E-state index is -3.73. The predicted octanol–water partition coefficient (Wildman–Crippen LogP) is 4.63. The molecule has 0 aliphatic rings. The van der Waals surface area contributed by atoms with Crippen LogP contribution in [0.1, 0.15) is 21.5 Å². The molecular weight excluding hydrogens is 420 g/mol. The van der Waals surface area contributed by atoms with Crippen LogP contribution in [0.3, 0.4) is 0 Å². The molecule has 0 saturated heterocycles. The molecule has 3 aromatic carbocycles. The van der Waals surface area contributed by atoms with Crippen LogP contribution < -0.4 is 5.32 Å². The van der Waals surface area contributed by atoms with Crippen molar-refractivity contribution in [3.8, 4) is 0 Å². The topological polar surface area (TPSA) is 66.5 Å². The van der Waals surface area contributed by atoms with E-state index in [0.29, 0.717) is 17.7 Å². The Labute approximate surface area is 182 Å². The third-order valence-corrected chi connectivity index (χ3v) is 7.03. The quantitative estimate of drug-likeness (QED) is 0.580. The molecule has 0 fully saturated rings. The van der Waals surface area contributed by atoms with E-state index < -0.39 is 10.0 Å². The van der Waals surface area contributed by atoms with Crippen molar-refractivity contribution >= 4 is 33.2 Å². The highest BCUT2D eigenvalue weighted by molar-refractivity contribution is 7.89. The summed E-state index contributed by atoms with van der Waals surface area (Å²) in [5, 5.41) is 2.90. The summed E-state index contributed by atoms with van der Waals surface area (Å²) in [6.45, 7) is 0. The fourth-order valence-electron chi connectivity index (χ4n) is 3.06. The van der Waals surface area contributed by atoms with E-state index in [1.54, 1.807) is 12.1 Å². The first-order valence-electron chi connectivity index (χ1n) is 9.44. The van der Waals surface area contributed by atoms with Gasteiger partial charge in [-0.25, -0.2) is 12.7 Å². The molecule has 1 amide bonds. The predicted molar refractivity (Wildman–Crippen MR) is 121 cm³/mol. The lowest BCUT2D eigenvalue weighted by molar-refractivity contribution is 0.102. The smallest absolute Gasteiger partial charge is 0.255 e. The second-order valence-corrected chi connectivity index (χ2v) is 9.56. The second kappa shape index (κ2) is 9.43. The zero-order valence-corrected chi connectivity index (χ0v) is 18.4. The van der Waals surface area contributed by atoms with Gasteiger partial charge >= 0.3 is 0 Å². The van der Waals surface area contributed by atoms with Gasteiger partial charge in [-0.15, -0.1) is 0 Å². The van der Waals surface area contributed by atoms with E-state index in [1.165, 1.54) is 31.8 Å². The molecule has 0 unspecified atom stereocenters. The molecule has 0 bridgehead atoms. The largest absolute Gasteiger partial charge is 0.322 e. The highest BCUT2D eigenvalue weighted by atomic mass is 35.5. The molecule has 3 aromatic rings. The summed E-state index contributed by atoms with van der Waals surface area (Å²) in [7, 11) is -0.867. The minimum absolute atomic E-state index is 0.0515. The highest BCUT2D eigenvalue weighted by Gasteiger charge is 2.22. The SMILES string of the molecule is CN(C)S(=O)(=O)c1cc(NC(=O)c2ccccc2CCc2ccccc2)ccc1Cl. The van der Waals surface area contributed by atoms with Crippen molar-refractivity contribution in [2.24, 2.45) is 0 Å². The Balaban J connectivity index is 1.82. The molecule has 3 rings (SSSR count). The van der Waals surface area contributed by atoms with Crippen LogP contribution in [-0.4, -0.2) is 32.7 Å². The van der Waals surface area contributed by atoms with Gasteiger partial charge in [0.15, 0.2) is 0 Å². The maximum absolute atomic E-state index is 12.9. The Kier molecular flexibility index (Phi) is 6.92. The third kappa shape index (κ3) is 5.08. The van der Waals surface area contributed by atoms with Crippen molar-refractivity contribution in [1.82, 2.24) is 4.31 Å². The molecule has 5 nitrogen and oxygen atoms in total. The van der Waals surface area contributed by atoms with Gasteiger partial charge in [-0.05, 0) is 48.2 Å². The number of hydrogen-bond acceptors (Lipinski definition) is 3. The van der Waals surface area contributed by atoms with Gasteiger partial charge in [-0.1, -0.05) is 60.1 Å². The molecule has 1 N–H and O–H groups in total. The van der Waals surface area contributed by atoms with E-state index in [4.69, 9.17) is 11.6 Å². The average Bonchev–Trinajstić information content (AvgIpc) is 2.74. The summed E-state index contributed by atoms with van der Waals surface area (Å²) in [5.74, 6) is -0.297. The lowest BCUT2D eigenvalue weighted by Crippen LogP contribution is -2.23. The minimum Gasteiger partial charge on any atom is -0.322 e. The lowest BCUT2D eigenvalue weighted by atomic mass is 9.99. The number of aryl methyl sites for hydroxylation is 2. The number of benzene rings is 3. The van der Waals surface area contributed by atoms with Crippen molar-refractivity contribution < 1.29 is 13.2 Å². The Bertz CT molecular complexity index is 1150. The molecule has 30 heavy (non-hydrogen) atoms. The van der Waals surface area contributed by atoms with Crippen LogP contribution in [0.5, 0.6) is 0 Å². The molecule has 0 saturated carbocycles. The molecule has 0 atom stereocenters. The van der Waals surface area contributed by atoms with E-state index in [9.17, 15) is 13.2 Å².